The minimum absolute atomic E-state index is 0.423. The SMILES string of the molecule is N#CCCN(Cc1cccnc1)c1cccc(Cl)c1N. The van der Waals surface area contributed by atoms with Crippen molar-refractivity contribution in [2.75, 3.05) is 17.2 Å². The fraction of sp³-hybridized carbons (Fsp3) is 0.200. The molecule has 0 amide bonds. The van der Waals surface area contributed by atoms with E-state index < -0.39 is 0 Å². The molecule has 0 saturated carbocycles. The second-order valence-electron chi connectivity index (χ2n) is 4.36. The van der Waals surface area contributed by atoms with E-state index in [9.17, 15) is 0 Å². The number of nitrogens with zero attached hydrogens (tertiary/aromatic N) is 3. The molecule has 2 aromatic rings. The maximum atomic E-state index is 8.81. The Morgan fingerprint density at radius 1 is 1.30 bits per heavy atom. The summed E-state index contributed by atoms with van der Waals surface area (Å²) >= 11 is 6.07. The van der Waals surface area contributed by atoms with Crippen LogP contribution in [0, 0.1) is 11.3 Å². The van der Waals surface area contributed by atoms with Gasteiger partial charge in [0.1, 0.15) is 0 Å². The zero-order chi connectivity index (χ0) is 14.4. The molecule has 1 aromatic carbocycles. The van der Waals surface area contributed by atoms with Crippen LogP contribution in [0.5, 0.6) is 0 Å². The second-order valence-corrected chi connectivity index (χ2v) is 4.77. The number of anilines is 2. The monoisotopic (exact) mass is 286 g/mol. The van der Waals surface area contributed by atoms with Crippen LogP contribution in [0.25, 0.3) is 0 Å². The highest BCUT2D eigenvalue weighted by Crippen LogP contribution is 2.31. The van der Waals surface area contributed by atoms with Crippen LogP contribution in [-0.4, -0.2) is 11.5 Å². The van der Waals surface area contributed by atoms with Crippen LogP contribution in [-0.2, 0) is 6.54 Å². The summed E-state index contributed by atoms with van der Waals surface area (Å²) in [6.07, 6.45) is 3.96. The van der Waals surface area contributed by atoms with Gasteiger partial charge in [-0.3, -0.25) is 4.98 Å². The first kappa shape index (κ1) is 14.2. The number of nitrogens with two attached hydrogens (primary N) is 1. The van der Waals surface area contributed by atoms with E-state index in [4.69, 9.17) is 22.6 Å². The van der Waals surface area contributed by atoms with Gasteiger partial charge in [0.25, 0.3) is 0 Å². The Morgan fingerprint density at radius 2 is 2.15 bits per heavy atom. The fourth-order valence-corrected chi connectivity index (χ4v) is 2.15. The fourth-order valence-electron chi connectivity index (χ4n) is 1.98. The van der Waals surface area contributed by atoms with Gasteiger partial charge in [-0.05, 0) is 23.8 Å². The number of hydrogen-bond donors (Lipinski definition) is 1. The topological polar surface area (TPSA) is 65.9 Å². The Labute approximate surface area is 123 Å². The van der Waals surface area contributed by atoms with E-state index in [1.165, 1.54) is 0 Å². The lowest BCUT2D eigenvalue weighted by Gasteiger charge is -2.25. The number of para-hydroxylation sites is 1. The van der Waals surface area contributed by atoms with Crippen molar-refractivity contribution in [2.24, 2.45) is 0 Å². The molecular weight excluding hydrogens is 272 g/mol. The Bertz CT molecular complexity index is 607. The molecule has 102 valence electrons. The van der Waals surface area contributed by atoms with Crippen molar-refractivity contribution in [2.45, 2.75) is 13.0 Å². The summed E-state index contributed by atoms with van der Waals surface area (Å²) in [7, 11) is 0. The van der Waals surface area contributed by atoms with Gasteiger partial charge >= 0.3 is 0 Å². The number of rotatable bonds is 5. The molecule has 0 spiro atoms. The number of hydrogen-bond acceptors (Lipinski definition) is 4. The van der Waals surface area contributed by atoms with Gasteiger partial charge in [-0.2, -0.15) is 5.26 Å². The van der Waals surface area contributed by atoms with Crippen molar-refractivity contribution in [1.82, 2.24) is 4.98 Å². The van der Waals surface area contributed by atoms with Crippen molar-refractivity contribution >= 4 is 23.0 Å². The maximum absolute atomic E-state index is 8.81. The van der Waals surface area contributed by atoms with Crippen LogP contribution < -0.4 is 10.6 Å². The maximum Gasteiger partial charge on any atom is 0.0741 e. The molecule has 2 N–H and O–H groups in total. The summed E-state index contributed by atoms with van der Waals surface area (Å²) in [5.74, 6) is 0. The molecule has 1 aromatic heterocycles. The molecule has 0 radical (unpaired) electrons. The number of benzene rings is 1. The molecule has 0 fully saturated rings. The van der Waals surface area contributed by atoms with Crippen LogP contribution >= 0.6 is 11.6 Å². The van der Waals surface area contributed by atoms with E-state index in [1.54, 1.807) is 18.5 Å². The molecular formula is C15H15ClN4. The van der Waals surface area contributed by atoms with Crippen LogP contribution in [0.2, 0.25) is 5.02 Å². The van der Waals surface area contributed by atoms with Crippen molar-refractivity contribution < 1.29 is 0 Å². The first-order valence-electron chi connectivity index (χ1n) is 6.27. The van der Waals surface area contributed by atoms with Crippen molar-refractivity contribution in [3.05, 3.63) is 53.3 Å². The van der Waals surface area contributed by atoms with E-state index in [0.717, 1.165) is 11.3 Å². The lowest BCUT2D eigenvalue weighted by Crippen LogP contribution is -2.24. The first-order valence-corrected chi connectivity index (χ1v) is 6.65. The van der Waals surface area contributed by atoms with Gasteiger partial charge in [0.2, 0.25) is 0 Å². The molecule has 0 saturated heterocycles. The van der Waals surface area contributed by atoms with E-state index in [-0.39, 0.29) is 0 Å². The minimum atomic E-state index is 0.423. The van der Waals surface area contributed by atoms with Crippen molar-refractivity contribution in [3.8, 4) is 6.07 Å². The van der Waals surface area contributed by atoms with Crippen LogP contribution in [0.15, 0.2) is 42.7 Å². The Kier molecular flexibility index (Phi) is 4.80. The van der Waals surface area contributed by atoms with Gasteiger partial charge in [0.05, 0.1) is 28.9 Å². The summed E-state index contributed by atoms with van der Waals surface area (Å²) < 4.78 is 0. The Hall–Kier alpha value is -2.25. The number of nitriles is 1. The normalized spacial score (nSPS) is 10.0. The minimum Gasteiger partial charge on any atom is -0.396 e. The second kappa shape index (κ2) is 6.78. The van der Waals surface area contributed by atoms with E-state index in [1.807, 2.05) is 29.2 Å². The molecule has 2 rings (SSSR count). The Balaban J connectivity index is 2.28. The highest BCUT2D eigenvalue weighted by Gasteiger charge is 2.12. The number of halogens is 1. The molecule has 0 aliphatic carbocycles. The average Bonchev–Trinajstić information content (AvgIpc) is 2.48. The predicted molar refractivity (Wildman–Crippen MR) is 81.4 cm³/mol. The average molecular weight is 287 g/mol. The van der Waals surface area contributed by atoms with Crippen LogP contribution in [0.1, 0.15) is 12.0 Å². The molecule has 1 heterocycles. The van der Waals surface area contributed by atoms with E-state index >= 15 is 0 Å². The van der Waals surface area contributed by atoms with Gasteiger partial charge in [-0.25, -0.2) is 0 Å². The summed E-state index contributed by atoms with van der Waals surface area (Å²) in [4.78, 5) is 6.15. The number of pyridine rings is 1. The zero-order valence-corrected chi connectivity index (χ0v) is 11.7. The lowest BCUT2D eigenvalue weighted by atomic mass is 10.2. The van der Waals surface area contributed by atoms with Crippen molar-refractivity contribution in [3.63, 3.8) is 0 Å². The van der Waals surface area contributed by atoms with Gasteiger partial charge in [0, 0.05) is 25.5 Å². The molecule has 20 heavy (non-hydrogen) atoms. The van der Waals surface area contributed by atoms with Crippen molar-refractivity contribution in [1.29, 1.82) is 5.26 Å². The van der Waals surface area contributed by atoms with Gasteiger partial charge in [-0.15, -0.1) is 0 Å². The smallest absolute Gasteiger partial charge is 0.0741 e. The molecule has 0 bridgehead atoms. The summed E-state index contributed by atoms with van der Waals surface area (Å²) in [5.41, 5.74) is 8.48. The van der Waals surface area contributed by atoms with Crippen LogP contribution in [0.3, 0.4) is 0 Å². The molecule has 4 nitrogen and oxygen atoms in total. The lowest BCUT2D eigenvalue weighted by molar-refractivity contribution is 0.796. The molecule has 0 aliphatic heterocycles. The van der Waals surface area contributed by atoms with Crippen LogP contribution in [0.4, 0.5) is 11.4 Å². The largest absolute Gasteiger partial charge is 0.396 e. The third-order valence-corrected chi connectivity index (χ3v) is 3.29. The molecule has 5 heteroatoms. The highest BCUT2D eigenvalue weighted by atomic mass is 35.5. The third kappa shape index (κ3) is 3.40. The highest BCUT2D eigenvalue weighted by molar-refractivity contribution is 6.33. The molecule has 0 unspecified atom stereocenters. The summed E-state index contributed by atoms with van der Waals surface area (Å²) in [5, 5.41) is 9.33. The standard InChI is InChI=1S/C15H15ClN4/c16-13-5-1-6-14(15(13)18)20(9-3-7-17)11-12-4-2-8-19-10-12/h1-2,4-6,8,10H,3,9,11,18H2. The molecule has 0 aliphatic rings. The Morgan fingerprint density at radius 3 is 2.85 bits per heavy atom. The quantitative estimate of drug-likeness (QED) is 0.857. The van der Waals surface area contributed by atoms with Gasteiger partial charge < -0.3 is 10.6 Å². The van der Waals surface area contributed by atoms with E-state index in [2.05, 4.69) is 11.1 Å². The van der Waals surface area contributed by atoms with Gasteiger partial charge in [0.15, 0.2) is 0 Å². The summed E-state index contributed by atoms with van der Waals surface area (Å²) in [6.45, 7) is 1.23. The number of aromatic nitrogens is 1. The van der Waals surface area contributed by atoms with Gasteiger partial charge in [-0.1, -0.05) is 23.7 Å². The zero-order valence-electron chi connectivity index (χ0n) is 11.0. The predicted octanol–water partition coefficient (Wildman–Crippen LogP) is 3.24. The third-order valence-electron chi connectivity index (χ3n) is 2.96. The number of nitrogen functional groups attached to an aromatic ring is 1. The van der Waals surface area contributed by atoms with E-state index in [0.29, 0.717) is 30.2 Å². The molecule has 0 atom stereocenters. The summed E-state index contributed by atoms with van der Waals surface area (Å²) in [6, 6.07) is 11.6. The first-order chi connectivity index (χ1) is 9.72.